The highest BCUT2D eigenvalue weighted by Crippen LogP contribution is 2.17. The summed E-state index contributed by atoms with van der Waals surface area (Å²) in [6.45, 7) is 12.6. The molecule has 0 aromatic carbocycles. The van der Waals surface area contributed by atoms with E-state index in [9.17, 15) is 0 Å². The summed E-state index contributed by atoms with van der Waals surface area (Å²) in [5, 5.41) is 8.31. The number of hydrogen-bond acceptors (Lipinski definition) is 2. The van der Waals surface area contributed by atoms with Crippen molar-refractivity contribution >= 4 is 0 Å². The van der Waals surface area contributed by atoms with E-state index in [1.165, 1.54) is 37.8 Å². The minimum absolute atomic E-state index is 0.786. The Bertz CT molecular complexity index is 355. The van der Waals surface area contributed by atoms with E-state index in [4.69, 9.17) is 0 Å². The number of unbranched alkanes of at least 4 members (excludes halogenated alkanes) is 1. The number of hydrogen-bond donors (Lipinski definition) is 0. The molecule has 0 fully saturated rings. The van der Waals surface area contributed by atoms with Gasteiger partial charge in [-0.1, -0.05) is 59.1 Å². The van der Waals surface area contributed by atoms with Crippen LogP contribution >= 0.6 is 0 Å². The second-order valence-electron chi connectivity index (χ2n) is 6.95. The lowest BCUT2D eigenvalue weighted by Gasteiger charge is -2.15. The van der Waals surface area contributed by atoms with Crippen molar-refractivity contribution in [3.8, 4) is 0 Å². The molecule has 0 aliphatic heterocycles. The van der Waals surface area contributed by atoms with Crippen LogP contribution in [0.1, 0.15) is 72.4 Å². The van der Waals surface area contributed by atoms with E-state index >= 15 is 0 Å². The first-order valence-electron chi connectivity index (χ1n) is 8.38. The van der Waals surface area contributed by atoms with Gasteiger partial charge in [-0.05, 0) is 37.0 Å². The van der Waals surface area contributed by atoms with E-state index in [2.05, 4.69) is 49.6 Å². The molecule has 0 aliphatic rings. The number of aromatic nitrogens is 3. The van der Waals surface area contributed by atoms with Gasteiger partial charge in [-0.25, -0.2) is 4.68 Å². The smallest absolute Gasteiger partial charge is 0.0725 e. The second kappa shape index (κ2) is 9.15. The lowest BCUT2D eigenvalue weighted by molar-refractivity contribution is 0.379. The van der Waals surface area contributed by atoms with E-state index in [0.29, 0.717) is 0 Å². The van der Waals surface area contributed by atoms with Crippen molar-refractivity contribution in [1.82, 2.24) is 15.0 Å². The van der Waals surface area contributed by atoms with Gasteiger partial charge >= 0.3 is 0 Å². The van der Waals surface area contributed by atoms with Crippen LogP contribution in [0.25, 0.3) is 0 Å². The van der Waals surface area contributed by atoms with Gasteiger partial charge < -0.3 is 0 Å². The normalized spacial score (nSPS) is 13.3. The van der Waals surface area contributed by atoms with Gasteiger partial charge in [0.1, 0.15) is 0 Å². The van der Waals surface area contributed by atoms with Gasteiger partial charge in [-0.15, -0.1) is 5.10 Å². The standard InChI is InChI=1S/C17H33N3/c1-14(2)9-6-7-12-20-17(13-18-19-20)11-8-10-16(5)15(3)4/h13-16H,6-12H2,1-5H3. The summed E-state index contributed by atoms with van der Waals surface area (Å²) >= 11 is 0. The molecule has 0 N–H and O–H groups in total. The van der Waals surface area contributed by atoms with Crippen LogP contribution in [0.5, 0.6) is 0 Å². The fourth-order valence-corrected chi connectivity index (χ4v) is 2.41. The van der Waals surface area contributed by atoms with Crippen LogP contribution in [0.3, 0.4) is 0 Å². The van der Waals surface area contributed by atoms with Crippen LogP contribution in [0.2, 0.25) is 0 Å². The fraction of sp³-hybridized carbons (Fsp3) is 0.882. The van der Waals surface area contributed by atoms with Crippen LogP contribution in [0.4, 0.5) is 0 Å². The second-order valence-corrected chi connectivity index (χ2v) is 6.95. The molecule has 0 bridgehead atoms. The van der Waals surface area contributed by atoms with Crippen LogP contribution in [-0.2, 0) is 13.0 Å². The first-order chi connectivity index (χ1) is 9.50. The molecule has 116 valence electrons. The molecule has 1 rings (SSSR count). The molecule has 1 heterocycles. The van der Waals surface area contributed by atoms with Crippen LogP contribution in [-0.4, -0.2) is 15.0 Å². The maximum atomic E-state index is 4.23. The molecule has 3 heteroatoms. The third kappa shape index (κ3) is 6.53. The third-order valence-corrected chi connectivity index (χ3v) is 4.33. The van der Waals surface area contributed by atoms with E-state index in [-0.39, 0.29) is 0 Å². The maximum absolute atomic E-state index is 4.23. The first-order valence-corrected chi connectivity index (χ1v) is 8.38. The molecular formula is C17H33N3. The van der Waals surface area contributed by atoms with Gasteiger partial charge in [0.25, 0.3) is 0 Å². The van der Waals surface area contributed by atoms with Crippen molar-refractivity contribution < 1.29 is 0 Å². The molecule has 0 saturated heterocycles. The Labute approximate surface area is 125 Å². The van der Waals surface area contributed by atoms with Gasteiger partial charge in [0.05, 0.1) is 11.9 Å². The minimum Gasteiger partial charge on any atom is -0.249 e. The molecule has 1 unspecified atom stereocenters. The molecule has 1 aromatic rings. The highest BCUT2D eigenvalue weighted by molar-refractivity contribution is 4.94. The molecule has 0 saturated carbocycles. The summed E-state index contributed by atoms with van der Waals surface area (Å²) in [6.07, 6.45) is 9.44. The first kappa shape index (κ1) is 17.2. The summed E-state index contributed by atoms with van der Waals surface area (Å²) in [5.74, 6) is 2.40. The van der Waals surface area contributed by atoms with Crippen LogP contribution < -0.4 is 0 Å². The van der Waals surface area contributed by atoms with Crippen molar-refractivity contribution in [3.63, 3.8) is 0 Å². The van der Waals surface area contributed by atoms with Crippen molar-refractivity contribution in [2.75, 3.05) is 0 Å². The molecule has 0 aliphatic carbocycles. The van der Waals surface area contributed by atoms with Gasteiger partial charge in [0.15, 0.2) is 0 Å². The molecular weight excluding hydrogens is 246 g/mol. The largest absolute Gasteiger partial charge is 0.249 e. The lowest BCUT2D eigenvalue weighted by atomic mass is 9.92. The maximum Gasteiger partial charge on any atom is 0.0725 e. The van der Waals surface area contributed by atoms with Crippen molar-refractivity contribution in [2.24, 2.45) is 17.8 Å². The SMILES string of the molecule is CC(C)CCCCn1nncc1CCCC(C)C(C)C. The number of aryl methyl sites for hydroxylation is 2. The minimum atomic E-state index is 0.786. The zero-order valence-corrected chi connectivity index (χ0v) is 14.1. The highest BCUT2D eigenvalue weighted by atomic mass is 15.4. The summed E-state index contributed by atoms with van der Waals surface area (Å²) in [7, 11) is 0. The number of rotatable bonds is 10. The quantitative estimate of drug-likeness (QED) is 0.580. The van der Waals surface area contributed by atoms with Gasteiger partial charge in [-0.2, -0.15) is 0 Å². The Balaban J connectivity index is 2.28. The molecule has 0 radical (unpaired) electrons. The molecule has 20 heavy (non-hydrogen) atoms. The van der Waals surface area contributed by atoms with Gasteiger partial charge in [0, 0.05) is 6.54 Å². The van der Waals surface area contributed by atoms with Crippen LogP contribution in [0, 0.1) is 17.8 Å². The topological polar surface area (TPSA) is 30.7 Å². The van der Waals surface area contributed by atoms with Gasteiger partial charge in [0.2, 0.25) is 0 Å². The Morgan fingerprint density at radius 2 is 1.75 bits per heavy atom. The summed E-state index contributed by atoms with van der Waals surface area (Å²) in [4.78, 5) is 0. The molecule has 0 amide bonds. The molecule has 0 spiro atoms. The van der Waals surface area contributed by atoms with E-state index in [1.807, 2.05) is 6.20 Å². The average Bonchev–Trinajstić information content (AvgIpc) is 2.81. The third-order valence-electron chi connectivity index (χ3n) is 4.33. The van der Waals surface area contributed by atoms with Crippen molar-refractivity contribution in [3.05, 3.63) is 11.9 Å². The van der Waals surface area contributed by atoms with Crippen molar-refractivity contribution in [2.45, 2.75) is 79.7 Å². The fourth-order valence-electron chi connectivity index (χ4n) is 2.41. The Kier molecular flexibility index (Phi) is 7.86. The summed E-state index contributed by atoms with van der Waals surface area (Å²) in [6, 6.07) is 0. The predicted octanol–water partition coefficient (Wildman–Crippen LogP) is 4.72. The monoisotopic (exact) mass is 279 g/mol. The molecule has 3 nitrogen and oxygen atoms in total. The highest BCUT2D eigenvalue weighted by Gasteiger charge is 2.08. The van der Waals surface area contributed by atoms with E-state index in [1.54, 1.807) is 0 Å². The molecule has 1 atom stereocenters. The zero-order chi connectivity index (χ0) is 15.0. The van der Waals surface area contributed by atoms with Crippen molar-refractivity contribution in [1.29, 1.82) is 0 Å². The lowest BCUT2D eigenvalue weighted by Crippen LogP contribution is -2.08. The van der Waals surface area contributed by atoms with Crippen LogP contribution in [0.15, 0.2) is 6.20 Å². The number of nitrogens with zero attached hydrogens (tertiary/aromatic N) is 3. The summed E-state index contributed by atoms with van der Waals surface area (Å²) < 4.78 is 2.11. The zero-order valence-electron chi connectivity index (χ0n) is 14.1. The van der Waals surface area contributed by atoms with Gasteiger partial charge in [-0.3, -0.25) is 0 Å². The summed E-state index contributed by atoms with van der Waals surface area (Å²) in [5.41, 5.74) is 1.31. The van der Waals surface area contributed by atoms with E-state index in [0.717, 1.165) is 30.7 Å². The predicted molar refractivity (Wildman–Crippen MR) is 85.7 cm³/mol. The molecule has 1 aromatic heterocycles. The average molecular weight is 279 g/mol. The van der Waals surface area contributed by atoms with E-state index < -0.39 is 0 Å². The Hall–Kier alpha value is -0.860. The Morgan fingerprint density at radius 1 is 1.00 bits per heavy atom. The Morgan fingerprint density at radius 3 is 2.40 bits per heavy atom.